The Morgan fingerprint density at radius 1 is 1.41 bits per heavy atom. The van der Waals surface area contributed by atoms with Crippen LogP contribution in [-0.4, -0.2) is 54.7 Å². The first kappa shape index (κ1) is 13.3. The highest BCUT2D eigenvalue weighted by molar-refractivity contribution is 5.82. The lowest BCUT2D eigenvalue weighted by Crippen LogP contribution is -2.41. The molecule has 1 aliphatic rings. The summed E-state index contributed by atoms with van der Waals surface area (Å²) in [5, 5.41) is 11.3. The molecule has 1 aliphatic heterocycles. The van der Waals surface area contributed by atoms with Gasteiger partial charge in [-0.05, 0) is 5.92 Å². The second-order valence-corrected chi connectivity index (χ2v) is 4.06. The molecule has 1 rings (SSSR count). The summed E-state index contributed by atoms with van der Waals surface area (Å²) in [5.41, 5.74) is 0. The van der Waals surface area contributed by atoms with Crippen LogP contribution in [0.5, 0.6) is 0 Å². The molecular formula is C10H16N2O5. The number of nitrogens with zero attached hydrogens (tertiary/aromatic N) is 1. The molecule has 0 aromatic rings. The predicted molar refractivity (Wildman–Crippen MR) is 57.3 cm³/mol. The van der Waals surface area contributed by atoms with E-state index in [0.29, 0.717) is 6.54 Å². The molecule has 17 heavy (non-hydrogen) atoms. The Labute approximate surface area is 98.7 Å². The molecule has 2 amide bonds. The van der Waals surface area contributed by atoms with Gasteiger partial charge in [0.2, 0.25) is 0 Å². The number of likely N-dealkylation sites (tertiary alicyclic amines) is 1. The summed E-state index contributed by atoms with van der Waals surface area (Å²) in [6.45, 7) is 2.12. The quantitative estimate of drug-likeness (QED) is 0.654. The lowest BCUT2D eigenvalue weighted by atomic mass is 9.99. The Bertz CT molecular complexity index is 331. The first-order chi connectivity index (χ1) is 7.95. The maximum absolute atomic E-state index is 11.6. The minimum absolute atomic E-state index is 0.0867. The van der Waals surface area contributed by atoms with E-state index >= 15 is 0 Å². The average molecular weight is 244 g/mol. The van der Waals surface area contributed by atoms with E-state index in [0.717, 1.165) is 0 Å². The zero-order valence-electron chi connectivity index (χ0n) is 9.80. The number of ether oxygens (including phenoxy) is 1. The van der Waals surface area contributed by atoms with Crippen LogP contribution in [0, 0.1) is 11.8 Å². The number of carboxylic acids is 1. The number of esters is 1. The molecule has 96 valence electrons. The fraction of sp³-hybridized carbons (Fsp3) is 0.700. The van der Waals surface area contributed by atoms with E-state index in [1.165, 1.54) is 12.0 Å². The number of amides is 2. The van der Waals surface area contributed by atoms with Gasteiger partial charge in [-0.3, -0.25) is 9.59 Å². The fourth-order valence-corrected chi connectivity index (χ4v) is 1.79. The van der Waals surface area contributed by atoms with E-state index in [1.54, 1.807) is 6.92 Å². The molecule has 0 radical (unpaired) electrons. The highest BCUT2D eigenvalue weighted by Crippen LogP contribution is 2.22. The van der Waals surface area contributed by atoms with E-state index in [-0.39, 0.29) is 19.0 Å². The number of hydrogen-bond acceptors (Lipinski definition) is 4. The van der Waals surface area contributed by atoms with E-state index in [1.807, 2.05) is 0 Å². The summed E-state index contributed by atoms with van der Waals surface area (Å²) in [6.07, 6.45) is 0. The second-order valence-electron chi connectivity index (χ2n) is 4.06. The normalized spacial score (nSPS) is 23.3. The molecule has 1 heterocycles. The van der Waals surface area contributed by atoms with E-state index < -0.39 is 23.9 Å². The number of urea groups is 1. The van der Waals surface area contributed by atoms with Gasteiger partial charge in [-0.2, -0.15) is 0 Å². The zero-order valence-corrected chi connectivity index (χ0v) is 9.80. The van der Waals surface area contributed by atoms with E-state index in [9.17, 15) is 14.4 Å². The molecule has 2 unspecified atom stereocenters. The molecule has 1 fully saturated rings. The number of carbonyl (C=O) groups excluding carboxylic acids is 2. The third kappa shape index (κ3) is 3.33. The molecule has 7 heteroatoms. The van der Waals surface area contributed by atoms with Crippen molar-refractivity contribution in [2.75, 3.05) is 26.7 Å². The molecule has 0 aromatic carbocycles. The van der Waals surface area contributed by atoms with Gasteiger partial charge in [-0.15, -0.1) is 0 Å². The number of methoxy groups -OCH3 is 1. The SMILES string of the molecule is COC(=O)CNC(=O)N1CC(C)C(C(=O)O)C1. The van der Waals surface area contributed by atoms with Gasteiger partial charge >= 0.3 is 18.0 Å². The van der Waals surface area contributed by atoms with Crippen molar-refractivity contribution in [3.8, 4) is 0 Å². The Morgan fingerprint density at radius 3 is 2.53 bits per heavy atom. The van der Waals surface area contributed by atoms with Crippen LogP contribution in [0.4, 0.5) is 4.79 Å². The first-order valence-corrected chi connectivity index (χ1v) is 5.28. The Morgan fingerprint density at radius 2 is 2.06 bits per heavy atom. The second kappa shape index (κ2) is 5.51. The number of carboxylic acid groups (broad SMARTS) is 1. The lowest BCUT2D eigenvalue weighted by molar-refractivity contribution is -0.142. The molecule has 0 spiro atoms. The molecule has 0 aliphatic carbocycles. The number of aliphatic carboxylic acids is 1. The molecule has 0 saturated carbocycles. The molecule has 7 nitrogen and oxygen atoms in total. The summed E-state index contributed by atoms with van der Waals surface area (Å²) in [4.78, 5) is 34.7. The largest absolute Gasteiger partial charge is 0.481 e. The van der Waals surface area contributed by atoms with Gasteiger partial charge in [-0.25, -0.2) is 4.79 Å². The van der Waals surface area contributed by atoms with Gasteiger partial charge in [0.1, 0.15) is 6.54 Å². The van der Waals surface area contributed by atoms with Crippen LogP contribution in [0.1, 0.15) is 6.92 Å². The van der Waals surface area contributed by atoms with Gasteiger partial charge in [0.25, 0.3) is 0 Å². The summed E-state index contributed by atoms with van der Waals surface area (Å²) >= 11 is 0. The minimum atomic E-state index is -0.902. The summed E-state index contributed by atoms with van der Waals surface area (Å²) in [5.74, 6) is -2.07. The third-order valence-corrected chi connectivity index (χ3v) is 2.83. The van der Waals surface area contributed by atoms with Crippen molar-refractivity contribution in [2.45, 2.75) is 6.92 Å². The average Bonchev–Trinajstić information content (AvgIpc) is 2.67. The van der Waals surface area contributed by atoms with Crippen molar-refractivity contribution in [3.63, 3.8) is 0 Å². The van der Waals surface area contributed by atoms with Gasteiger partial charge in [0.05, 0.1) is 13.0 Å². The van der Waals surface area contributed by atoms with Crippen LogP contribution < -0.4 is 5.32 Å². The van der Waals surface area contributed by atoms with Gasteiger partial charge < -0.3 is 20.1 Å². The Hall–Kier alpha value is -1.79. The van der Waals surface area contributed by atoms with Crippen LogP contribution in [-0.2, 0) is 14.3 Å². The van der Waals surface area contributed by atoms with Crippen LogP contribution in [0.15, 0.2) is 0 Å². The number of nitrogens with one attached hydrogen (secondary N) is 1. The maximum atomic E-state index is 11.6. The maximum Gasteiger partial charge on any atom is 0.325 e. The summed E-state index contributed by atoms with van der Waals surface area (Å²) < 4.78 is 4.38. The molecule has 2 N–H and O–H groups in total. The predicted octanol–water partition coefficient (Wildman–Crippen LogP) is -0.478. The number of carbonyl (C=O) groups is 3. The minimum Gasteiger partial charge on any atom is -0.481 e. The van der Waals surface area contributed by atoms with Crippen LogP contribution in [0.25, 0.3) is 0 Å². The highest BCUT2D eigenvalue weighted by Gasteiger charge is 2.36. The van der Waals surface area contributed by atoms with Crippen LogP contribution >= 0.6 is 0 Å². The van der Waals surface area contributed by atoms with Crippen LogP contribution in [0.3, 0.4) is 0 Å². The Balaban J connectivity index is 2.45. The van der Waals surface area contributed by atoms with Crippen molar-refractivity contribution in [3.05, 3.63) is 0 Å². The molecule has 0 aromatic heterocycles. The lowest BCUT2D eigenvalue weighted by Gasteiger charge is -2.16. The van der Waals surface area contributed by atoms with Crippen molar-refractivity contribution < 1.29 is 24.2 Å². The smallest absolute Gasteiger partial charge is 0.325 e. The van der Waals surface area contributed by atoms with E-state index in [2.05, 4.69) is 10.1 Å². The van der Waals surface area contributed by atoms with Gasteiger partial charge in [0.15, 0.2) is 0 Å². The fourth-order valence-electron chi connectivity index (χ4n) is 1.79. The van der Waals surface area contributed by atoms with Crippen LogP contribution in [0.2, 0.25) is 0 Å². The molecule has 2 atom stereocenters. The highest BCUT2D eigenvalue weighted by atomic mass is 16.5. The molecule has 1 saturated heterocycles. The Kier molecular flexibility index (Phi) is 4.30. The van der Waals surface area contributed by atoms with Crippen molar-refractivity contribution in [1.29, 1.82) is 0 Å². The van der Waals surface area contributed by atoms with E-state index in [4.69, 9.17) is 5.11 Å². The van der Waals surface area contributed by atoms with Crippen molar-refractivity contribution in [2.24, 2.45) is 11.8 Å². The topological polar surface area (TPSA) is 95.9 Å². The third-order valence-electron chi connectivity index (χ3n) is 2.83. The van der Waals surface area contributed by atoms with Gasteiger partial charge in [-0.1, -0.05) is 6.92 Å². The zero-order chi connectivity index (χ0) is 13.0. The first-order valence-electron chi connectivity index (χ1n) is 5.28. The number of rotatable bonds is 3. The monoisotopic (exact) mass is 244 g/mol. The number of hydrogen-bond donors (Lipinski definition) is 2. The molecular weight excluding hydrogens is 228 g/mol. The standard InChI is InChI=1S/C10H16N2O5/c1-6-4-12(5-7(6)9(14)15)10(16)11-3-8(13)17-2/h6-7H,3-5H2,1-2H3,(H,11,16)(H,14,15). The van der Waals surface area contributed by atoms with Gasteiger partial charge in [0, 0.05) is 13.1 Å². The van der Waals surface area contributed by atoms with Crippen molar-refractivity contribution >= 4 is 18.0 Å². The molecule has 0 bridgehead atoms. The summed E-state index contributed by atoms with van der Waals surface area (Å²) in [7, 11) is 1.23. The summed E-state index contributed by atoms with van der Waals surface area (Å²) in [6, 6.07) is -0.439. The van der Waals surface area contributed by atoms with Crippen molar-refractivity contribution in [1.82, 2.24) is 10.2 Å².